The van der Waals surface area contributed by atoms with Crippen LogP contribution in [0, 0.1) is 0 Å². The molecule has 6 nitrogen and oxygen atoms in total. The predicted octanol–water partition coefficient (Wildman–Crippen LogP) is 2.44. The smallest absolute Gasteiger partial charge is 0.229 e. The summed E-state index contributed by atoms with van der Waals surface area (Å²) in [6, 6.07) is 2.16. The van der Waals surface area contributed by atoms with Crippen LogP contribution in [-0.4, -0.2) is 32.7 Å². The maximum Gasteiger partial charge on any atom is 0.229 e. The zero-order valence-electron chi connectivity index (χ0n) is 12.5. The number of pyridine rings is 1. The second-order valence-electron chi connectivity index (χ2n) is 5.89. The van der Waals surface area contributed by atoms with Crippen molar-refractivity contribution >= 4 is 28.0 Å². The highest BCUT2D eigenvalue weighted by molar-refractivity contribution is 6.04. The number of furan rings is 1. The standard InChI is InChI=1S/C16H18N4O2/c1-9(21)7-17-15-14-13(18-8-19-15)11-6-10-4-2-3-5-12(10)20-16(11)22-14/h6,8-9,21H,2-5,7H2,1H3,(H,17,18,19). The second kappa shape index (κ2) is 5.21. The van der Waals surface area contributed by atoms with Crippen LogP contribution < -0.4 is 5.32 Å². The minimum Gasteiger partial charge on any atom is -0.432 e. The maximum atomic E-state index is 9.42. The highest BCUT2D eigenvalue weighted by Crippen LogP contribution is 2.32. The Balaban J connectivity index is 1.87. The highest BCUT2D eigenvalue weighted by Gasteiger charge is 2.18. The predicted molar refractivity (Wildman–Crippen MR) is 83.9 cm³/mol. The molecule has 2 N–H and O–H groups in total. The van der Waals surface area contributed by atoms with E-state index in [-0.39, 0.29) is 0 Å². The summed E-state index contributed by atoms with van der Waals surface area (Å²) < 4.78 is 5.90. The molecule has 0 aromatic carbocycles. The number of fused-ring (bicyclic) bond motifs is 4. The van der Waals surface area contributed by atoms with E-state index in [1.807, 2.05) is 0 Å². The summed E-state index contributed by atoms with van der Waals surface area (Å²) in [4.78, 5) is 13.3. The number of hydrogen-bond donors (Lipinski definition) is 2. The van der Waals surface area contributed by atoms with Crippen LogP contribution in [0.1, 0.15) is 31.0 Å². The van der Waals surface area contributed by atoms with Gasteiger partial charge in [0.1, 0.15) is 11.8 Å². The number of hydrogen-bond acceptors (Lipinski definition) is 6. The summed E-state index contributed by atoms with van der Waals surface area (Å²) in [7, 11) is 0. The van der Waals surface area contributed by atoms with Crippen molar-refractivity contribution in [3.8, 4) is 0 Å². The van der Waals surface area contributed by atoms with E-state index in [0.717, 1.165) is 29.4 Å². The Morgan fingerprint density at radius 1 is 1.32 bits per heavy atom. The summed E-state index contributed by atoms with van der Waals surface area (Å²) in [6.45, 7) is 2.13. The van der Waals surface area contributed by atoms with Gasteiger partial charge in [-0.15, -0.1) is 0 Å². The van der Waals surface area contributed by atoms with Crippen molar-refractivity contribution in [2.24, 2.45) is 0 Å². The fourth-order valence-electron chi connectivity index (χ4n) is 2.99. The van der Waals surface area contributed by atoms with Crippen LogP contribution in [0.2, 0.25) is 0 Å². The number of aliphatic hydroxyl groups excluding tert-OH is 1. The van der Waals surface area contributed by atoms with Gasteiger partial charge in [0, 0.05) is 12.2 Å². The molecule has 3 aromatic heterocycles. The van der Waals surface area contributed by atoms with E-state index in [0.29, 0.717) is 23.7 Å². The Bertz CT molecular complexity index is 841. The van der Waals surface area contributed by atoms with Crippen molar-refractivity contribution < 1.29 is 9.52 Å². The molecule has 1 atom stereocenters. The number of rotatable bonds is 3. The molecule has 0 bridgehead atoms. The van der Waals surface area contributed by atoms with Crippen LogP contribution >= 0.6 is 0 Å². The Hall–Kier alpha value is -2.21. The molecule has 0 amide bonds. The fourth-order valence-corrected chi connectivity index (χ4v) is 2.99. The Morgan fingerprint density at radius 3 is 3.05 bits per heavy atom. The molecule has 0 radical (unpaired) electrons. The first-order valence-corrected chi connectivity index (χ1v) is 7.70. The first-order valence-electron chi connectivity index (χ1n) is 7.70. The van der Waals surface area contributed by atoms with Gasteiger partial charge in [-0.25, -0.2) is 15.0 Å². The van der Waals surface area contributed by atoms with Gasteiger partial charge in [-0.05, 0) is 44.2 Å². The van der Waals surface area contributed by atoms with Crippen LogP contribution in [0.4, 0.5) is 5.82 Å². The van der Waals surface area contributed by atoms with Crippen LogP contribution in [0.5, 0.6) is 0 Å². The zero-order chi connectivity index (χ0) is 15.1. The van der Waals surface area contributed by atoms with Gasteiger partial charge >= 0.3 is 0 Å². The lowest BCUT2D eigenvalue weighted by Crippen LogP contribution is -2.16. The summed E-state index contributed by atoms with van der Waals surface area (Å²) in [5.74, 6) is 0.599. The molecule has 0 saturated heterocycles. The first kappa shape index (κ1) is 13.5. The van der Waals surface area contributed by atoms with Gasteiger partial charge in [0.15, 0.2) is 11.4 Å². The minimum absolute atomic E-state index is 0.410. The van der Waals surface area contributed by atoms with E-state index in [9.17, 15) is 5.11 Å². The second-order valence-corrected chi connectivity index (χ2v) is 5.89. The number of aryl methyl sites for hydroxylation is 2. The van der Waals surface area contributed by atoms with Crippen molar-refractivity contribution in [3.63, 3.8) is 0 Å². The van der Waals surface area contributed by atoms with Gasteiger partial charge in [0.2, 0.25) is 5.71 Å². The van der Waals surface area contributed by atoms with E-state index < -0.39 is 6.10 Å². The van der Waals surface area contributed by atoms with E-state index in [2.05, 4.69) is 26.3 Å². The third kappa shape index (κ3) is 2.20. The molecule has 4 rings (SSSR count). The molecular formula is C16H18N4O2. The van der Waals surface area contributed by atoms with Crippen LogP contribution in [-0.2, 0) is 12.8 Å². The first-order chi connectivity index (χ1) is 10.7. The van der Waals surface area contributed by atoms with E-state index in [4.69, 9.17) is 4.42 Å². The Kier molecular flexibility index (Phi) is 3.18. The van der Waals surface area contributed by atoms with Crippen molar-refractivity contribution in [2.75, 3.05) is 11.9 Å². The molecule has 0 fully saturated rings. The molecule has 0 saturated carbocycles. The quantitative estimate of drug-likeness (QED) is 0.772. The fraction of sp³-hybridized carbons (Fsp3) is 0.438. The SMILES string of the molecule is CC(O)CNc1ncnc2c1oc1nc3c(cc12)CCCC3. The molecule has 6 heteroatoms. The van der Waals surface area contributed by atoms with E-state index in [1.165, 1.54) is 24.7 Å². The lowest BCUT2D eigenvalue weighted by Gasteiger charge is -2.13. The van der Waals surface area contributed by atoms with Crippen LogP contribution in [0.15, 0.2) is 16.8 Å². The lowest BCUT2D eigenvalue weighted by atomic mass is 9.95. The normalized spacial score (nSPS) is 15.9. The van der Waals surface area contributed by atoms with Crippen molar-refractivity contribution in [1.29, 1.82) is 0 Å². The molecule has 22 heavy (non-hydrogen) atoms. The number of nitrogens with zero attached hydrogens (tertiary/aromatic N) is 3. The molecule has 114 valence electrons. The average molecular weight is 298 g/mol. The van der Waals surface area contributed by atoms with Crippen LogP contribution in [0.3, 0.4) is 0 Å². The summed E-state index contributed by atoms with van der Waals surface area (Å²) >= 11 is 0. The largest absolute Gasteiger partial charge is 0.432 e. The lowest BCUT2D eigenvalue weighted by molar-refractivity contribution is 0.208. The molecule has 0 aliphatic heterocycles. The Morgan fingerprint density at radius 2 is 2.18 bits per heavy atom. The van der Waals surface area contributed by atoms with Gasteiger partial charge in [-0.2, -0.15) is 0 Å². The molecular weight excluding hydrogens is 280 g/mol. The molecule has 1 unspecified atom stereocenters. The zero-order valence-corrected chi connectivity index (χ0v) is 12.5. The topological polar surface area (TPSA) is 84.1 Å². The monoisotopic (exact) mass is 298 g/mol. The molecule has 1 aliphatic carbocycles. The number of anilines is 1. The van der Waals surface area contributed by atoms with Crippen LogP contribution in [0.25, 0.3) is 22.2 Å². The van der Waals surface area contributed by atoms with Crippen molar-refractivity contribution in [3.05, 3.63) is 23.7 Å². The number of nitrogens with one attached hydrogen (secondary N) is 1. The highest BCUT2D eigenvalue weighted by atomic mass is 16.3. The molecule has 3 heterocycles. The Labute approximate surface area is 127 Å². The minimum atomic E-state index is -0.458. The summed E-state index contributed by atoms with van der Waals surface area (Å²) in [5, 5.41) is 13.5. The van der Waals surface area contributed by atoms with Crippen molar-refractivity contribution in [2.45, 2.75) is 38.7 Å². The van der Waals surface area contributed by atoms with Gasteiger partial charge in [-0.1, -0.05) is 0 Å². The third-order valence-electron chi connectivity index (χ3n) is 4.09. The molecule has 0 spiro atoms. The number of aromatic nitrogens is 3. The van der Waals surface area contributed by atoms with Gasteiger partial charge in [0.05, 0.1) is 11.5 Å². The summed E-state index contributed by atoms with van der Waals surface area (Å²) in [5.41, 5.74) is 4.45. The van der Waals surface area contributed by atoms with Gasteiger partial charge in [0.25, 0.3) is 0 Å². The van der Waals surface area contributed by atoms with E-state index in [1.54, 1.807) is 6.92 Å². The summed E-state index contributed by atoms with van der Waals surface area (Å²) in [6.07, 6.45) is 5.55. The van der Waals surface area contributed by atoms with Crippen molar-refractivity contribution in [1.82, 2.24) is 15.0 Å². The maximum absolute atomic E-state index is 9.42. The van der Waals surface area contributed by atoms with Gasteiger partial charge in [-0.3, -0.25) is 0 Å². The molecule has 3 aromatic rings. The third-order valence-corrected chi connectivity index (χ3v) is 4.09. The average Bonchev–Trinajstić information content (AvgIpc) is 2.88. The van der Waals surface area contributed by atoms with E-state index >= 15 is 0 Å². The number of aliphatic hydroxyl groups is 1. The molecule has 1 aliphatic rings. The van der Waals surface area contributed by atoms with Gasteiger partial charge < -0.3 is 14.8 Å².